The molecule has 15 heavy (non-hydrogen) atoms. The molecule has 0 unspecified atom stereocenters. The average Bonchev–Trinajstić information content (AvgIpc) is 2.25. The van der Waals surface area contributed by atoms with E-state index in [2.05, 4.69) is 0 Å². The maximum Gasteiger partial charge on any atom is 0.149 e. The van der Waals surface area contributed by atoms with Crippen LogP contribution < -0.4 is 10.5 Å². The molecule has 0 bridgehead atoms. The molecule has 0 heterocycles. The zero-order valence-electron chi connectivity index (χ0n) is 8.71. The lowest BCUT2D eigenvalue weighted by atomic mass is 9.98. The van der Waals surface area contributed by atoms with Gasteiger partial charge in [-0.1, -0.05) is 6.42 Å². The molecule has 1 saturated carbocycles. The fraction of sp³-hybridized carbons (Fsp3) is 0.500. The summed E-state index contributed by atoms with van der Waals surface area (Å²) in [6.07, 6.45) is 6.11. The van der Waals surface area contributed by atoms with Gasteiger partial charge in [-0.15, -0.1) is 0 Å². The Morgan fingerprint density at radius 3 is 2.60 bits per heavy atom. The van der Waals surface area contributed by atoms with Crippen LogP contribution in [-0.2, 0) is 0 Å². The van der Waals surface area contributed by atoms with E-state index in [-0.39, 0.29) is 11.8 Å². The molecule has 3 heteroatoms. The van der Waals surface area contributed by atoms with Gasteiger partial charge in [0.25, 0.3) is 0 Å². The van der Waals surface area contributed by atoms with Gasteiger partial charge in [0.15, 0.2) is 0 Å². The number of nitrogen functional groups attached to an aromatic ring is 1. The van der Waals surface area contributed by atoms with Crippen LogP contribution >= 0.6 is 0 Å². The Bertz CT molecular complexity index is 334. The van der Waals surface area contributed by atoms with E-state index in [1.54, 1.807) is 12.1 Å². The predicted molar refractivity (Wildman–Crippen MR) is 58.3 cm³/mol. The highest BCUT2D eigenvalue weighted by atomic mass is 19.1. The van der Waals surface area contributed by atoms with Crippen molar-refractivity contribution in [3.05, 3.63) is 24.0 Å². The predicted octanol–water partition coefficient (Wildman–Crippen LogP) is 3.12. The highest BCUT2D eigenvalue weighted by Gasteiger charge is 2.15. The minimum absolute atomic E-state index is 0.172. The number of rotatable bonds is 2. The van der Waals surface area contributed by atoms with Crippen LogP contribution in [-0.4, -0.2) is 6.10 Å². The van der Waals surface area contributed by atoms with Crippen LogP contribution in [0.5, 0.6) is 5.75 Å². The topological polar surface area (TPSA) is 35.2 Å². The molecule has 1 aliphatic carbocycles. The maximum atomic E-state index is 13.1. The summed E-state index contributed by atoms with van der Waals surface area (Å²) in [5, 5.41) is 0. The van der Waals surface area contributed by atoms with Crippen LogP contribution in [0.4, 0.5) is 10.1 Å². The van der Waals surface area contributed by atoms with E-state index in [0.29, 0.717) is 5.75 Å². The van der Waals surface area contributed by atoms with Crippen molar-refractivity contribution in [2.45, 2.75) is 38.2 Å². The lowest BCUT2D eigenvalue weighted by Gasteiger charge is -2.23. The molecule has 2 nitrogen and oxygen atoms in total. The van der Waals surface area contributed by atoms with Crippen LogP contribution in [0, 0.1) is 5.82 Å². The lowest BCUT2D eigenvalue weighted by Crippen LogP contribution is -2.19. The van der Waals surface area contributed by atoms with Gasteiger partial charge in [0, 0.05) is 6.07 Å². The van der Waals surface area contributed by atoms with Gasteiger partial charge in [-0.2, -0.15) is 0 Å². The zero-order chi connectivity index (χ0) is 10.7. The molecule has 1 aliphatic rings. The molecule has 2 N–H and O–H groups in total. The molecule has 1 fully saturated rings. The summed E-state index contributed by atoms with van der Waals surface area (Å²) in [6.45, 7) is 0. The SMILES string of the molecule is Nc1ccc(OC2CCCCC2)cc1F. The molecule has 0 amide bonds. The zero-order valence-corrected chi connectivity index (χ0v) is 8.71. The van der Waals surface area contributed by atoms with Crippen LogP contribution in [0.25, 0.3) is 0 Å². The first kappa shape index (κ1) is 10.3. The third kappa shape index (κ3) is 2.61. The highest BCUT2D eigenvalue weighted by molar-refractivity contribution is 5.43. The summed E-state index contributed by atoms with van der Waals surface area (Å²) in [6, 6.07) is 4.64. The number of ether oxygens (including phenoxy) is 1. The molecular weight excluding hydrogens is 193 g/mol. The molecule has 0 spiro atoms. The minimum Gasteiger partial charge on any atom is -0.490 e. The van der Waals surface area contributed by atoms with Crippen molar-refractivity contribution in [3.8, 4) is 5.75 Å². The first-order valence-electron chi connectivity index (χ1n) is 5.47. The van der Waals surface area contributed by atoms with Gasteiger partial charge < -0.3 is 10.5 Å². The Morgan fingerprint density at radius 2 is 1.93 bits per heavy atom. The number of hydrogen-bond acceptors (Lipinski definition) is 2. The monoisotopic (exact) mass is 209 g/mol. The van der Waals surface area contributed by atoms with Crippen molar-refractivity contribution in [1.29, 1.82) is 0 Å². The normalized spacial score (nSPS) is 17.7. The number of halogens is 1. The third-order valence-electron chi connectivity index (χ3n) is 2.83. The molecule has 82 valence electrons. The fourth-order valence-corrected chi connectivity index (χ4v) is 1.96. The molecule has 1 aromatic carbocycles. The Morgan fingerprint density at radius 1 is 1.20 bits per heavy atom. The van der Waals surface area contributed by atoms with Crippen molar-refractivity contribution in [2.75, 3.05) is 5.73 Å². The molecule has 0 atom stereocenters. The molecular formula is C12H16FNO. The van der Waals surface area contributed by atoms with Gasteiger partial charge in [-0.3, -0.25) is 0 Å². The van der Waals surface area contributed by atoms with E-state index in [4.69, 9.17) is 10.5 Å². The average molecular weight is 209 g/mol. The molecule has 0 radical (unpaired) electrons. The third-order valence-corrected chi connectivity index (χ3v) is 2.83. The van der Waals surface area contributed by atoms with E-state index in [1.807, 2.05) is 0 Å². The van der Waals surface area contributed by atoms with E-state index < -0.39 is 5.82 Å². The fourth-order valence-electron chi connectivity index (χ4n) is 1.96. The summed E-state index contributed by atoms with van der Waals surface area (Å²) < 4.78 is 18.8. The van der Waals surface area contributed by atoms with Crippen LogP contribution in [0.1, 0.15) is 32.1 Å². The summed E-state index contributed by atoms with van der Waals surface area (Å²) in [5.74, 6) is 0.192. The second-order valence-corrected chi connectivity index (χ2v) is 4.06. The summed E-state index contributed by atoms with van der Waals surface area (Å²) >= 11 is 0. The quantitative estimate of drug-likeness (QED) is 0.759. The van der Waals surface area contributed by atoms with Crippen LogP contribution in [0.3, 0.4) is 0 Å². The largest absolute Gasteiger partial charge is 0.490 e. The van der Waals surface area contributed by atoms with Crippen LogP contribution in [0.15, 0.2) is 18.2 Å². The summed E-state index contributed by atoms with van der Waals surface area (Å²) in [4.78, 5) is 0. The van der Waals surface area contributed by atoms with E-state index in [1.165, 1.54) is 25.3 Å². The van der Waals surface area contributed by atoms with Crippen LogP contribution in [0.2, 0.25) is 0 Å². The Hall–Kier alpha value is -1.25. The van der Waals surface area contributed by atoms with Gasteiger partial charge >= 0.3 is 0 Å². The van der Waals surface area contributed by atoms with Crippen molar-refractivity contribution >= 4 is 5.69 Å². The standard InChI is InChI=1S/C12H16FNO/c13-11-8-10(6-7-12(11)14)15-9-4-2-1-3-5-9/h6-9H,1-5,14H2. The Balaban J connectivity index is 2.00. The second kappa shape index (κ2) is 4.51. The number of anilines is 1. The smallest absolute Gasteiger partial charge is 0.149 e. The van der Waals surface area contributed by atoms with E-state index >= 15 is 0 Å². The van der Waals surface area contributed by atoms with Gasteiger partial charge in [-0.05, 0) is 37.8 Å². The maximum absolute atomic E-state index is 13.1. The Kier molecular flexibility index (Phi) is 3.09. The van der Waals surface area contributed by atoms with Gasteiger partial charge in [0.1, 0.15) is 11.6 Å². The molecule has 0 saturated heterocycles. The number of benzene rings is 1. The first-order chi connectivity index (χ1) is 7.25. The van der Waals surface area contributed by atoms with E-state index in [9.17, 15) is 4.39 Å². The second-order valence-electron chi connectivity index (χ2n) is 4.06. The van der Waals surface area contributed by atoms with Gasteiger partial charge in [0.05, 0.1) is 11.8 Å². The molecule has 0 aliphatic heterocycles. The molecule has 0 aromatic heterocycles. The lowest BCUT2D eigenvalue weighted by molar-refractivity contribution is 0.154. The van der Waals surface area contributed by atoms with Crippen molar-refractivity contribution in [2.24, 2.45) is 0 Å². The number of hydrogen-bond donors (Lipinski definition) is 1. The molecule has 1 aromatic rings. The van der Waals surface area contributed by atoms with Crippen molar-refractivity contribution in [3.63, 3.8) is 0 Å². The van der Waals surface area contributed by atoms with Crippen molar-refractivity contribution in [1.82, 2.24) is 0 Å². The molecule has 2 rings (SSSR count). The highest BCUT2D eigenvalue weighted by Crippen LogP contribution is 2.25. The summed E-state index contributed by atoms with van der Waals surface area (Å²) in [5.41, 5.74) is 5.56. The van der Waals surface area contributed by atoms with Crippen molar-refractivity contribution < 1.29 is 9.13 Å². The Labute approximate surface area is 89.2 Å². The van der Waals surface area contributed by atoms with Gasteiger partial charge in [0.2, 0.25) is 0 Å². The van der Waals surface area contributed by atoms with E-state index in [0.717, 1.165) is 12.8 Å². The first-order valence-corrected chi connectivity index (χ1v) is 5.47. The minimum atomic E-state index is -0.400. The number of nitrogens with two attached hydrogens (primary N) is 1. The summed E-state index contributed by atoms with van der Waals surface area (Å²) in [7, 11) is 0. The van der Waals surface area contributed by atoms with Gasteiger partial charge in [-0.25, -0.2) is 4.39 Å².